The van der Waals surface area contributed by atoms with Gasteiger partial charge in [-0.15, -0.1) is 0 Å². The summed E-state index contributed by atoms with van der Waals surface area (Å²) in [6.45, 7) is 3.37. The molecule has 0 saturated carbocycles. The standard InChI is InChI=1S/C22H25F7N2O5/c1-12-7-9-31(10-8-12)18(13(2)21(24,25)26)19(33)30-16-11-14(3-5-15(16)23)4-6-17(32)35-36-20(34)22(27,28)29/h3,5,11-13,18H,4,6-10H2,1-2H3,(H,30,33). The summed E-state index contributed by atoms with van der Waals surface area (Å²) in [5.74, 6) is -7.80. The van der Waals surface area contributed by atoms with Crippen molar-refractivity contribution in [2.24, 2.45) is 11.8 Å². The van der Waals surface area contributed by atoms with E-state index < -0.39 is 60.1 Å². The zero-order valence-electron chi connectivity index (χ0n) is 19.3. The maximum Gasteiger partial charge on any atom is 0.495 e. The Balaban J connectivity index is 2.08. The number of nitrogens with one attached hydrogen (secondary N) is 1. The predicted molar refractivity (Wildman–Crippen MR) is 111 cm³/mol. The smallest absolute Gasteiger partial charge is 0.322 e. The lowest BCUT2D eigenvalue weighted by Gasteiger charge is -2.39. The molecule has 2 unspecified atom stereocenters. The van der Waals surface area contributed by atoms with Crippen LogP contribution in [0.15, 0.2) is 18.2 Å². The highest BCUT2D eigenvalue weighted by Crippen LogP contribution is 2.33. The van der Waals surface area contributed by atoms with Gasteiger partial charge < -0.3 is 5.32 Å². The second kappa shape index (κ2) is 11.9. The number of hydrogen-bond donors (Lipinski definition) is 1. The molecule has 1 aromatic carbocycles. The highest BCUT2D eigenvalue weighted by molar-refractivity contribution is 5.95. The summed E-state index contributed by atoms with van der Waals surface area (Å²) in [6.07, 6.45) is -9.64. The second-order valence-corrected chi connectivity index (χ2v) is 8.62. The number of carbonyl (C=O) groups is 3. The highest BCUT2D eigenvalue weighted by atomic mass is 19.4. The zero-order valence-corrected chi connectivity index (χ0v) is 19.3. The van der Waals surface area contributed by atoms with Crippen LogP contribution in [0.5, 0.6) is 0 Å². The molecule has 0 aliphatic carbocycles. The maximum absolute atomic E-state index is 14.3. The lowest BCUT2D eigenvalue weighted by molar-refractivity contribution is -0.285. The second-order valence-electron chi connectivity index (χ2n) is 8.62. The van der Waals surface area contributed by atoms with Gasteiger partial charge in [-0.05, 0) is 56.0 Å². The van der Waals surface area contributed by atoms with Gasteiger partial charge in [-0.2, -0.15) is 26.3 Å². The third-order valence-electron chi connectivity index (χ3n) is 5.82. The predicted octanol–water partition coefficient (Wildman–Crippen LogP) is 4.56. The van der Waals surface area contributed by atoms with Gasteiger partial charge in [0.25, 0.3) is 0 Å². The van der Waals surface area contributed by atoms with E-state index in [9.17, 15) is 45.1 Å². The van der Waals surface area contributed by atoms with Crippen molar-refractivity contribution in [3.63, 3.8) is 0 Å². The molecule has 1 heterocycles. The lowest BCUT2D eigenvalue weighted by atomic mass is 9.92. The van der Waals surface area contributed by atoms with Crippen LogP contribution in [0.1, 0.15) is 38.7 Å². The molecule has 202 valence electrons. The number of aryl methyl sites for hydroxylation is 1. The normalized spacial score (nSPS) is 17.2. The Hall–Kier alpha value is -2.90. The summed E-state index contributed by atoms with van der Waals surface area (Å²) in [7, 11) is 0. The van der Waals surface area contributed by atoms with E-state index in [4.69, 9.17) is 0 Å². The number of hydrogen-bond acceptors (Lipinski definition) is 6. The maximum atomic E-state index is 14.3. The van der Waals surface area contributed by atoms with E-state index in [1.807, 2.05) is 6.92 Å². The molecule has 0 aromatic heterocycles. The van der Waals surface area contributed by atoms with Crippen molar-refractivity contribution in [3.05, 3.63) is 29.6 Å². The average molecular weight is 530 g/mol. The summed E-state index contributed by atoms with van der Waals surface area (Å²) in [5, 5.41) is 2.19. The van der Waals surface area contributed by atoms with Gasteiger partial charge >= 0.3 is 24.3 Å². The number of nitrogens with zero attached hydrogens (tertiary/aromatic N) is 1. The number of rotatable bonds is 7. The fourth-order valence-corrected chi connectivity index (χ4v) is 3.64. The van der Waals surface area contributed by atoms with E-state index >= 15 is 0 Å². The molecule has 14 heteroatoms. The molecule has 1 aliphatic heterocycles. The minimum Gasteiger partial charge on any atom is -0.322 e. The lowest BCUT2D eigenvalue weighted by Crippen LogP contribution is -2.54. The van der Waals surface area contributed by atoms with Crippen molar-refractivity contribution in [3.8, 4) is 0 Å². The van der Waals surface area contributed by atoms with Gasteiger partial charge in [0.05, 0.1) is 18.0 Å². The fraction of sp³-hybridized carbons (Fsp3) is 0.591. The molecule has 7 nitrogen and oxygen atoms in total. The third kappa shape index (κ3) is 8.35. The molecule has 0 bridgehead atoms. The van der Waals surface area contributed by atoms with E-state index in [0.29, 0.717) is 18.8 Å². The van der Waals surface area contributed by atoms with Crippen LogP contribution >= 0.6 is 0 Å². The molecule has 1 N–H and O–H groups in total. The third-order valence-corrected chi connectivity index (χ3v) is 5.82. The van der Waals surface area contributed by atoms with Crippen LogP contribution in [0.25, 0.3) is 0 Å². The summed E-state index contributed by atoms with van der Waals surface area (Å²) < 4.78 is 91.0. The number of amides is 1. The van der Waals surface area contributed by atoms with Crippen molar-refractivity contribution in [2.45, 2.75) is 57.9 Å². The zero-order chi connectivity index (χ0) is 27.3. The molecule has 2 rings (SSSR count). The van der Waals surface area contributed by atoms with Crippen molar-refractivity contribution in [2.75, 3.05) is 18.4 Å². The Morgan fingerprint density at radius 3 is 2.25 bits per heavy atom. The minimum absolute atomic E-state index is 0.206. The van der Waals surface area contributed by atoms with Crippen molar-refractivity contribution < 1.29 is 54.9 Å². The van der Waals surface area contributed by atoms with Crippen molar-refractivity contribution in [1.82, 2.24) is 4.90 Å². The average Bonchev–Trinajstić information content (AvgIpc) is 2.78. The van der Waals surface area contributed by atoms with Crippen LogP contribution in [0, 0.1) is 17.7 Å². The van der Waals surface area contributed by atoms with E-state index in [1.165, 1.54) is 11.0 Å². The Kier molecular flexibility index (Phi) is 9.69. The molecule has 1 aliphatic rings. The first-order chi connectivity index (χ1) is 16.6. The van der Waals surface area contributed by atoms with Crippen LogP contribution in [0.4, 0.5) is 36.4 Å². The first-order valence-electron chi connectivity index (χ1n) is 11.0. The van der Waals surface area contributed by atoms with E-state index in [0.717, 1.165) is 19.1 Å². The van der Waals surface area contributed by atoms with E-state index in [-0.39, 0.29) is 25.1 Å². The van der Waals surface area contributed by atoms with E-state index in [2.05, 4.69) is 15.1 Å². The quantitative estimate of drug-likeness (QED) is 0.316. The molecular weight excluding hydrogens is 505 g/mol. The van der Waals surface area contributed by atoms with E-state index in [1.54, 1.807) is 0 Å². The molecule has 0 spiro atoms. The number of carbonyl (C=O) groups excluding carboxylic acids is 3. The van der Waals surface area contributed by atoms with Crippen LogP contribution in [-0.2, 0) is 30.6 Å². The first-order valence-corrected chi connectivity index (χ1v) is 11.0. The molecule has 1 aromatic rings. The van der Waals surface area contributed by atoms with Gasteiger partial charge in [0.15, 0.2) is 0 Å². The Bertz CT molecular complexity index is 944. The SMILES string of the molecule is CC1CCN(C(C(=O)Nc2cc(CCC(=O)OOC(=O)C(F)(F)F)ccc2F)C(C)C(F)(F)F)CC1. The van der Waals surface area contributed by atoms with Crippen molar-refractivity contribution >= 4 is 23.5 Å². The number of likely N-dealkylation sites (tertiary alicyclic amines) is 1. The van der Waals surface area contributed by atoms with Crippen LogP contribution in [-0.4, -0.2) is 54.2 Å². The number of halogens is 7. The molecule has 0 radical (unpaired) electrons. The number of piperidine rings is 1. The summed E-state index contributed by atoms with van der Waals surface area (Å²) in [5.41, 5.74) is -0.225. The molecular formula is C22H25F7N2O5. The van der Waals surface area contributed by atoms with Crippen LogP contribution in [0.3, 0.4) is 0 Å². The van der Waals surface area contributed by atoms with Crippen LogP contribution in [0.2, 0.25) is 0 Å². The molecule has 1 saturated heterocycles. The first kappa shape index (κ1) is 29.3. The van der Waals surface area contributed by atoms with Gasteiger partial charge in [0.1, 0.15) is 11.9 Å². The van der Waals surface area contributed by atoms with Crippen LogP contribution < -0.4 is 5.32 Å². The van der Waals surface area contributed by atoms with Gasteiger partial charge in [-0.3, -0.25) is 9.69 Å². The number of anilines is 1. The Morgan fingerprint density at radius 1 is 1.08 bits per heavy atom. The number of alkyl halides is 6. The summed E-state index contributed by atoms with van der Waals surface area (Å²) in [6, 6.07) is 1.58. The largest absolute Gasteiger partial charge is 0.495 e. The fourth-order valence-electron chi connectivity index (χ4n) is 3.64. The summed E-state index contributed by atoms with van der Waals surface area (Å²) in [4.78, 5) is 43.5. The monoisotopic (exact) mass is 530 g/mol. The molecule has 1 fully saturated rings. The summed E-state index contributed by atoms with van der Waals surface area (Å²) >= 11 is 0. The highest BCUT2D eigenvalue weighted by Gasteiger charge is 2.47. The van der Waals surface area contributed by atoms with Gasteiger partial charge in [0, 0.05) is 0 Å². The molecule has 36 heavy (non-hydrogen) atoms. The van der Waals surface area contributed by atoms with Gasteiger partial charge in [0.2, 0.25) is 5.91 Å². The Labute approximate surface area is 201 Å². The Morgan fingerprint density at radius 2 is 1.69 bits per heavy atom. The topological polar surface area (TPSA) is 84.9 Å². The molecule has 1 amide bonds. The van der Waals surface area contributed by atoms with Gasteiger partial charge in [-0.1, -0.05) is 19.9 Å². The van der Waals surface area contributed by atoms with Gasteiger partial charge in [-0.25, -0.2) is 23.8 Å². The van der Waals surface area contributed by atoms with Crippen molar-refractivity contribution in [1.29, 1.82) is 0 Å². The number of benzene rings is 1. The molecule has 2 atom stereocenters. The minimum atomic E-state index is -5.36.